The summed E-state index contributed by atoms with van der Waals surface area (Å²) in [5.41, 5.74) is 2.21. The second kappa shape index (κ2) is 5.87. The third-order valence-electron chi connectivity index (χ3n) is 2.51. The van der Waals surface area contributed by atoms with Crippen LogP contribution in [-0.2, 0) is 6.61 Å². The van der Waals surface area contributed by atoms with Gasteiger partial charge in [-0.15, -0.1) is 0 Å². The van der Waals surface area contributed by atoms with E-state index in [4.69, 9.17) is 9.47 Å². The summed E-state index contributed by atoms with van der Waals surface area (Å²) < 4.78 is 11.9. The van der Waals surface area contributed by atoms with Gasteiger partial charge in [0.15, 0.2) is 0 Å². The Morgan fingerprint density at radius 3 is 2.78 bits per heavy atom. The minimum absolute atomic E-state index is 0.461. The minimum atomic E-state index is 0.461. The maximum atomic E-state index is 5.70. The Hall–Kier alpha value is -1.55. The molecule has 0 atom stereocenters. The first kappa shape index (κ1) is 12.9. The molecule has 0 aliphatic carbocycles. The van der Waals surface area contributed by atoms with Crippen LogP contribution >= 0.6 is 15.9 Å². The molecule has 0 saturated heterocycles. The molecule has 0 spiro atoms. The van der Waals surface area contributed by atoms with E-state index in [0.717, 1.165) is 21.5 Å². The summed E-state index contributed by atoms with van der Waals surface area (Å²) in [6, 6.07) is 7.91. The summed E-state index contributed by atoms with van der Waals surface area (Å²) in [5.74, 6) is 1.57. The third kappa shape index (κ3) is 3.23. The standard InChI is InChI=1S/C14H14BrNO2/c1-10-3-4-14(17-2)11(5-10)9-18-13-6-12(15)7-16-8-13/h3-8H,9H2,1-2H3. The number of methoxy groups -OCH3 is 1. The SMILES string of the molecule is COc1ccc(C)cc1COc1cncc(Br)c1. The largest absolute Gasteiger partial charge is 0.496 e. The molecule has 2 rings (SSSR count). The highest BCUT2D eigenvalue weighted by Crippen LogP contribution is 2.22. The highest BCUT2D eigenvalue weighted by Gasteiger charge is 2.04. The lowest BCUT2D eigenvalue weighted by Crippen LogP contribution is -1.99. The van der Waals surface area contributed by atoms with Gasteiger partial charge in [-0.05, 0) is 41.1 Å². The minimum Gasteiger partial charge on any atom is -0.496 e. The van der Waals surface area contributed by atoms with E-state index in [0.29, 0.717) is 6.61 Å². The fourth-order valence-electron chi connectivity index (χ4n) is 1.65. The Labute approximate surface area is 115 Å². The number of nitrogens with zero attached hydrogens (tertiary/aromatic N) is 1. The normalized spacial score (nSPS) is 10.2. The van der Waals surface area contributed by atoms with E-state index >= 15 is 0 Å². The summed E-state index contributed by atoms with van der Waals surface area (Å²) in [7, 11) is 1.66. The van der Waals surface area contributed by atoms with E-state index in [9.17, 15) is 0 Å². The van der Waals surface area contributed by atoms with Gasteiger partial charge in [0.1, 0.15) is 18.1 Å². The molecule has 0 amide bonds. The summed E-state index contributed by atoms with van der Waals surface area (Å²) in [4.78, 5) is 4.05. The second-order valence-corrected chi connectivity index (χ2v) is 4.86. The van der Waals surface area contributed by atoms with Gasteiger partial charge in [0.2, 0.25) is 0 Å². The Balaban J connectivity index is 2.12. The number of pyridine rings is 1. The number of hydrogen-bond acceptors (Lipinski definition) is 3. The lowest BCUT2D eigenvalue weighted by atomic mass is 10.1. The fourth-order valence-corrected chi connectivity index (χ4v) is 2.00. The van der Waals surface area contributed by atoms with E-state index in [2.05, 4.69) is 27.0 Å². The molecular formula is C14H14BrNO2. The number of aryl methyl sites for hydroxylation is 1. The number of aromatic nitrogens is 1. The number of benzene rings is 1. The van der Waals surface area contributed by atoms with Gasteiger partial charge in [-0.1, -0.05) is 11.6 Å². The lowest BCUT2D eigenvalue weighted by molar-refractivity contribution is 0.295. The average molecular weight is 308 g/mol. The topological polar surface area (TPSA) is 31.4 Å². The summed E-state index contributed by atoms with van der Waals surface area (Å²) >= 11 is 3.36. The first-order valence-corrected chi connectivity index (χ1v) is 6.35. The molecule has 2 aromatic rings. The van der Waals surface area contributed by atoms with Gasteiger partial charge in [-0.3, -0.25) is 4.98 Å². The van der Waals surface area contributed by atoms with Crippen molar-refractivity contribution in [3.63, 3.8) is 0 Å². The smallest absolute Gasteiger partial charge is 0.139 e. The average Bonchev–Trinajstić information content (AvgIpc) is 2.37. The van der Waals surface area contributed by atoms with Gasteiger partial charge < -0.3 is 9.47 Å². The quantitative estimate of drug-likeness (QED) is 0.862. The number of rotatable bonds is 4. The molecule has 1 aromatic carbocycles. The lowest BCUT2D eigenvalue weighted by Gasteiger charge is -2.11. The number of ether oxygens (including phenoxy) is 2. The molecule has 1 aromatic heterocycles. The van der Waals surface area contributed by atoms with Crippen LogP contribution < -0.4 is 9.47 Å². The summed E-state index contributed by atoms with van der Waals surface area (Å²) in [6.07, 6.45) is 3.41. The monoisotopic (exact) mass is 307 g/mol. The van der Waals surface area contributed by atoms with Gasteiger partial charge in [-0.2, -0.15) is 0 Å². The molecule has 4 heteroatoms. The number of hydrogen-bond donors (Lipinski definition) is 0. The van der Waals surface area contributed by atoms with Crippen LogP contribution in [0.3, 0.4) is 0 Å². The van der Waals surface area contributed by atoms with Crippen molar-refractivity contribution in [2.75, 3.05) is 7.11 Å². The van der Waals surface area contributed by atoms with Crippen LogP contribution in [0.4, 0.5) is 0 Å². The van der Waals surface area contributed by atoms with E-state index < -0.39 is 0 Å². The van der Waals surface area contributed by atoms with E-state index in [1.807, 2.05) is 25.1 Å². The van der Waals surface area contributed by atoms with E-state index in [1.54, 1.807) is 19.5 Å². The summed E-state index contributed by atoms with van der Waals surface area (Å²) in [5, 5.41) is 0. The van der Waals surface area contributed by atoms with Crippen LogP contribution in [0, 0.1) is 6.92 Å². The zero-order chi connectivity index (χ0) is 13.0. The molecule has 0 radical (unpaired) electrons. The molecule has 0 bridgehead atoms. The van der Waals surface area contributed by atoms with Gasteiger partial charge in [-0.25, -0.2) is 0 Å². The molecule has 18 heavy (non-hydrogen) atoms. The molecule has 0 aliphatic heterocycles. The maximum Gasteiger partial charge on any atom is 0.139 e. The molecule has 94 valence electrons. The van der Waals surface area contributed by atoms with Gasteiger partial charge >= 0.3 is 0 Å². The molecule has 0 N–H and O–H groups in total. The predicted molar refractivity (Wildman–Crippen MR) is 74.0 cm³/mol. The van der Waals surface area contributed by atoms with Crippen molar-refractivity contribution in [1.29, 1.82) is 0 Å². The van der Waals surface area contributed by atoms with Crippen molar-refractivity contribution < 1.29 is 9.47 Å². The van der Waals surface area contributed by atoms with Crippen LogP contribution in [0.2, 0.25) is 0 Å². The molecule has 1 heterocycles. The fraction of sp³-hybridized carbons (Fsp3) is 0.214. The zero-order valence-electron chi connectivity index (χ0n) is 10.3. The molecule has 0 unspecified atom stereocenters. The molecule has 0 fully saturated rings. The van der Waals surface area contributed by atoms with Gasteiger partial charge in [0, 0.05) is 16.2 Å². The Bertz CT molecular complexity index is 543. The van der Waals surface area contributed by atoms with Crippen molar-refractivity contribution >= 4 is 15.9 Å². The van der Waals surface area contributed by atoms with Crippen LogP contribution in [0.5, 0.6) is 11.5 Å². The summed E-state index contributed by atoms with van der Waals surface area (Å²) in [6.45, 7) is 2.51. The predicted octanol–water partition coefficient (Wildman–Crippen LogP) is 3.74. The van der Waals surface area contributed by atoms with Gasteiger partial charge in [0.05, 0.1) is 13.3 Å². The van der Waals surface area contributed by atoms with Crippen molar-refractivity contribution in [2.45, 2.75) is 13.5 Å². The van der Waals surface area contributed by atoms with Gasteiger partial charge in [0.25, 0.3) is 0 Å². The Morgan fingerprint density at radius 2 is 2.06 bits per heavy atom. The molecule has 3 nitrogen and oxygen atoms in total. The second-order valence-electron chi connectivity index (χ2n) is 3.94. The van der Waals surface area contributed by atoms with Crippen molar-refractivity contribution in [2.24, 2.45) is 0 Å². The highest BCUT2D eigenvalue weighted by molar-refractivity contribution is 9.10. The van der Waals surface area contributed by atoms with Crippen LogP contribution in [-0.4, -0.2) is 12.1 Å². The van der Waals surface area contributed by atoms with Crippen molar-refractivity contribution in [3.05, 3.63) is 52.3 Å². The maximum absolute atomic E-state index is 5.70. The van der Waals surface area contributed by atoms with Crippen LogP contribution in [0.25, 0.3) is 0 Å². The van der Waals surface area contributed by atoms with E-state index in [1.165, 1.54) is 5.56 Å². The Kier molecular flexibility index (Phi) is 4.20. The highest BCUT2D eigenvalue weighted by atomic mass is 79.9. The molecule has 0 aliphatic rings. The first-order valence-electron chi connectivity index (χ1n) is 5.56. The Morgan fingerprint density at radius 1 is 1.22 bits per heavy atom. The molecular weight excluding hydrogens is 294 g/mol. The third-order valence-corrected chi connectivity index (χ3v) is 2.94. The zero-order valence-corrected chi connectivity index (χ0v) is 11.9. The van der Waals surface area contributed by atoms with Crippen molar-refractivity contribution in [3.8, 4) is 11.5 Å². The first-order chi connectivity index (χ1) is 8.69. The van der Waals surface area contributed by atoms with Crippen LogP contribution in [0.1, 0.15) is 11.1 Å². The van der Waals surface area contributed by atoms with E-state index in [-0.39, 0.29) is 0 Å². The number of halogens is 1. The van der Waals surface area contributed by atoms with Crippen molar-refractivity contribution in [1.82, 2.24) is 4.98 Å². The molecule has 0 saturated carbocycles. The van der Waals surface area contributed by atoms with Crippen LogP contribution in [0.15, 0.2) is 41.1 Å².